The van der Waals surface area contributed by atoms with Crippen LogP contribution < -0.4 is 10.1 Å². The molecule has 0 radical (unpaired) electrons. The lowest BCUT2D eigenvalue weighted by Gasteiger charge is -2.12. The fourth-order valence-electron chi connectivity index (χ4n) is 1.43. The number of hydrogen-bond donors (Lipinski definition) is 1. The summed E-state index contributed by atoms with van der Waals surface area (Å²) in [5.41, 5.74) is 0.381. The smallest absolute Gasteiger partial charge is 0.422 e. The molecule has 0 spiro atoms. The first kappa shape index (κ1) is 17.2. The molecule has 5 nitrogen and oxygen atoms in total. The van der Waals surface area contributed by atoms with Gasteiger partial charge < -0.3 is 14.8 Å². The molecule has 21 heavy (non-hydrogen) atoms. The Labute approximate surface area is 120 Å². The van der Waals surface area contributed by atoms with Crippen LogP contribution in [-0.2, 0) is 16.1 Å². The summed E-state index contributed by atoms with van der Waals surface area (Å²) < 4.78 is 46.0. The molecule has 118 valence electrons. The highest BCUT2D eigenvalue weighted by Crippen LogP contribution is 2.19. The van der Waals surface area contributed by atoms with Gasteiger partial charge in [0.1, 0.15) is 0 Å². The maximum Gasteiger partial charge on any atom is 0.422 e. The van der Waals surface area contributed by atoms with Crippen LogP contribution in [0.25, 0.3) is 0 Å². The number of rotatable bonds is 8. The minimum atomic E-state index is -4.43. The molecule has 0 aliphatic carbocycles. The van der Waals surface area contributed by atoms with Crippen LogP contribution in [0.2, 0.25) is 0 Å². The van der Waals surface area contributed by atoms with Crippen molar-refractivity contribution in [2.75, 3.05) is 19.8 Å². The summed E-state index contributed by atoms with van der Waals surface area (Å²) in [5.74, 6) is -0.394. The second-order valence-electron chi connectivity index (χ2n) is 4.10. The number of hydrogen-bond acceptors (Lipinski definition) is 4. The van der Waals surface area contributed by atoms with Crippen molar-refractivity contribution >= 4 is 5.91 Å². The topological polar surface area (TPSA) is 60.5 Å². The normalized spacial score (nSPS) is 11.2. The quantitative estimate of drug-likeness (QED) is 0.747. The van der Waals surface area contributed by atoms with Crippen molar-refractivity contribution in [3.63, 3.8) is 0 Å². The van der Waals surface area contributed by atoms with Gasteiger partial charge in [-0.1, -0.05) is 6.07 Å². The summed E-state index contributed by atoms with van der Waals surface area (Å²) in [7, 11) is 0. The van der Waals surface area contributed by atoms with Crippen LogP contribution in [0.1, 0.15) is 18.9 Å². The van der Waals surface area contributed by atoms with Gasteiger partial charge in [0.15, 0.2) is 6.61 Å². The van der Waals surface area contributed by atoms with Crippen molar-refractivity contribution in [2.45, 2.75) is 26.1 Å². The van der Waals surface area contributed by atoms with E-state index < -0.39 is 12.8 Å². The molecule has 0 saturated carbocycles. The number of aromatic nitrogens is 1. The molecule has 1 heterocycles. The Morgan fingerprint density at radius 1 is 1.43 bits per heavy atom. The number of pyridine rings is 1. The van der Waals surface area contributed by atoms with Crippen molar-refractivity contribution in [1.82, 2.24) is 10.3 Å². The second-order valence-corrected chi connectivity index (χ2v) is 4.10. The van der Waals surface area contributed by atoms with Crippen LogP contribution in [0.4, 0.5) is 13.2 Å². The lowest BCUT2D eigenvalue weighted by atomic mass is 10.2. The van der Waals surface area contributed by atoms with Crippen molar-refractivity contribution in [1.29, 1.82) is 0 Å². The lowest BCUT2D eigenvalue weighted by Crippen LogP contribution is -2.25. The van der Waals surface area contributed by atoms with Gasteiger partial charge in [-0.3, -0.25) is 4.79 Å². The molecule has 8 heteroatoms. The Morgan fingerprint density at radius 2 is 2.19 bits per heavy atom. The molecule has 0 aromatic carbocycles. The van der Waals surface area contributed by atoms with E-state index >= 15 is 0 Å². The first-order valence-electron chi connectivity index (χ1n) is 6.40. The monoisotopic (exact) mass is 306 g/mol. The van der Waals surface area contributed by atoms with E-state index in [0.717, 1.165) is 0 Å². The predicted molar refractivity (Wildman–Crippen MR) is 68.7 cm³/mol. The fourth-order valence-corrected chi connectivity index (χ4v) is 1.43. The van der Waals surface area contributed by atoms with Crippen molar-refractivity contribution in [2.24, 2.45) is 0 Å². The predicted octanol–water partition coefficient (Wildman–Crippen LogP) is 2.07. The first-order valence-corrected chi connectivity index (χ1v) is 6.40. The molecule has 0 unspecified atom stereocenters. The van der Waals surface area contributed by atoms with Gasteiger partial charge in [-0.2, -0.15) is 13.2 Å². The van der Waals surface area contributed by atoms with Crippen LogP contribution in [0.15, 0.2) is 18.3 Å². The van der Waals surface area contributed by atoms with E-state index in [-0.39, 0.29) is 24.8 Å². The number of amides is 1. The Kier molecular flexibility index (Phi) is 6.93. The van der Waals surface area contributed by atoms with E-state index in [1.165, 1.54) is 6.20 Å². The van der Waals surface area contributed by atoms with E-state index in [9.17, 15) is 18.0 Å². The summed E-state index contributed by atoms with van der Waals surface area (Å²) in [5, 5.41) is 2.58. The summed E-state index contributed by atoms with van der Waals surface area (Å²) >= 11 is 0. The van der Waals surface area contributed by atoms with Crippen LogP contribution in [-0.4, -0.2) is 36.9 Å². The molecule has 1 N–H and O–H groups in total. The fraction of sp³-hybridized carbons (Fsp3) is 0.538. The molecular weight excluding hydrogens is 289 g/mol. The van der Waals surface area contributed by atoms with E-state index in [0.29, 0.717) is 18.8 Å². The summed E-state index contributed by atoms with van der Waals surface area (Å²) in [6, 6.07) is 3.10. The summed E-state index contributed by atoms with van der Waals surface area (Å²) in [6.45, 7) is 1.26. The number of carbonyl (C=O) groups is 1. The van der Waals surface area contributed by atoms with E-state index in [1.54, 1.807) is 12.1 Å². The Balaban J connectivity index is 2.49. The lowest BCUT2D eigenvalue weighted by molar-refractivity contribution is -0.154. The summed E-state index contributed by atoms with van der Waals surface area (Å²) in [6.07, 6.45) is -2.92. The molecule has 0 fully saturated rings. The molecule has 1 aromatic heterocycles. The van der Waals surface area contributed by atoms with Gasteiger partial charge >= 0.3 is 6.18 Å². The van der Waals surface area contributed by atoms with Crippen LogP contribution in [0.3, 0.4) is 0 Å². The van der Waals surface area contributed by atoms with Crippen molar-refractivity contribution < 1.29 is 27.4 Å². The van der Waals surface area contributed by atoms with Gasteiger partial charge in [0, 0.05) is 31.3 Å². The zero-order valence-electron chi connectivity index (χ0n) is 11.6. The van der Waals surface area contributed by atoms with Gasteiger partial charge in [0.05, 0.1) is 6.61 Å². The number of alkyl halides is 3. The average Bonchev–Trinajstić information content (AvgIpc) is 2.43. The molecule has 1 rings (SSSR count). The molecular formula is C13H17F3N2O3. The number of carbonyl (C=O) groups excluding carboxylic acids is 1. The molecule has 0 atom stereocenters. The van der Waals surface area contributed by atoms with Crippen LogP contribution in [0, 0.1) is 0 Å². The Hall–Kier alpha value is -1.83. The van der Waals surface area contributed by atoms with E-state index in [4.69, 9.17) is 4.74 Å². The third-order valence-corrected chi connectivity index (χ3v) is 2.38. The van der Waals surface area contributed by atoms with Crippen LogP contribution in [0.5, 0.6) is 5.88 Å². The van der Waals surface area contributed by atoms with Crippen LogP contribution >= 0.6 is 0 Å². The Bertz CT molecular complexity index is 453. The largest absolute Gasteiger partial charge is 0.468 e. The van der Waals surface area contributed by atoms with Gasteiger partial charge in [0.2, 0.25) is 11.8 Å². The van der Waals surface area contributed by atoms with Gasteiger partial charge in [-0.05, 0) is 13.0 Å². The van der Waals surface area contributed by atoms with Gasteiger partial charge in [-0.15, -0.1) is 0 Å². The maximum atomic E-state index is 12.1. The van der Waals surface area contributed by atoms with Crippen molar-refractivity contribution in [3.05, 3.63) is 23.9 Å². The average molecular weight is 306 g/mol. The van der Waals surface area contributed by atoms with E-state index in [2.05, 4.69) is 15.0 Å². The third-order valence-electron chi connectivity index (χ3n) is 2.38. The zero-order chi connectivity index (χ0) is 15.7. The highest BCUT2D eigenvalue weighted by atomic mass is 19.4. The number of nitrogens with one attached hydrogen (secondary N) is 1. The van der Waals surface area contributed by atoms with E-state index in [1.807, 2.05) is 6.92 Å². The van der Waals surface area contributed by atoms with Crippen molar-refractivity contribution in [3.8, 4) is 5.88 Å². The standard InChI is InChI=1S/C13H17F3N2O3/c1-2-20-7-5-11(19)18-8-10-4-3-6-17-12(10)21-9-13(14,15)16/h3-4,6H,2,5,7-9H2,1H3,(H,18,19). The minimum Gasteiger partial charge on any atom is -0.468 e. The second kappa shape index (κ2) is 8.46. The molecule has 0 bridgehead atoms. The molecule has 0 aliphatic heterocycles. The molecule has 0 aliphatic rings. The number of nitrogens with zero attached hydrogens (tertiary/aromatic N) is 1. The van der Waals surface area contributed by atoms with Gasteiger partial charge in [-0.25, -0.2) is 4.98 Å². The third kappa shape index (κ3) is 7.50. The SMILES string of the molecule is CCOCCC(=O)NCc1cccnc1OCC(F)(F)F. The molecule has 1 amide bonds. The minimum absolute atomic E-state index is 0.0476. The first-order chi connectivity index (χ1) is 9.92. The zero-order valence-corrected chi connectivity index (χ0v) is 11.6. The maximum absolute atomic E-state index is 12.1. The molecule has 0 saturated heterocycles. The van der Waals surface area contributed by atoms with Gasteiger partial charge in [0.25, 0.3) is 0 Å². The number of halogens is 3. The highest BCUT2D eigenvalue weighted by Gasteiger charge is 2.29. The molecule has 1 aromatic rings. The number of ether oxygens (including phenoxy) is 2. The summed E-state index contributed by atoms with van der Waals surface area (Å²) in [4.78, 5) is 15.2. The highest BCUT2D eigenvalue weighted by molar-refractivity contribution is 5.76. The Morgan fingerprint density at radius 3 is 2.86 bits per heavy atom.